The number of benzene rings is 1. The number of aliphatic hydroxyl groups is 1. The standard InChI is InChI=1S/C18H28O/c1-2-3-4-5-6-7-11-14-18(19)16-15-17-12-9-8-10-13-17/h6-10,12-13,18-19H,2-5,11,14-16H2,1H3/b7-6+. The number of unbranched alkanes of at least 4 members (excludes halogenated alkanes) is 3. The van der Waals surface area contributed by atoms with E-state index < -0.39 is 0 Å². The van der Waals surface area contributed by atoms with E-state index >= 15 is 0 Å². The Balaban J connectivity index is 2.03. The lowest BCUT2D eigenvalue weighted by molar-refractivity contribution is 0.156. The Bertz CT molecular complexity index is 329. The Morgan fingerprint density at radius 1 is 1.00 bits per heavy atom. The van der Waals surface area contributed by atoms with Crippen LogP contribution < -0.4 is 0 Å². The second-order valence-electron chi connectivity index (χ2n) is 5.22. The third-order valence-electron chi connectivity index (χ3n) is 3.42. The zero-order valence-corrected chi connectivity index (χ0v) is 12.2. The molecule has 0 saturated carbocycles. The van der Waals surface area contributed by atoms with Gasteiger partial charge in [0.25, 0.3) is 0 Å². The Morgan fingerprint density at radius 3 is 2.47 bits per heavy atom. The molecule has 0 aliphatic carbocycles. The first kappa shape index (κ1) is 16.0. The molecule has 0 spiro atoms. The maximum atomic E-state index is 9.92. The highest BCUT2D eigenvalue weighted by Crippen LogP contribution is 2.09. The van der Waals surface area contributed by atoms with Crippen LogP contribution in [0.2, 0.25) is 0 Å². The zero-order valence-electron chi connectivity index (χ0n) is 12.2. The van der Waals surface area contributed by atoms with Crippen molar-refractivity contribution < 1.29 is 5.11 Å². The fourth-order valence-electron chi connectivity index (χ4n) is 2.16. The molecule has 1 aromatic carbocycles. The van der Waals surface area contributed by atoms with Crippen molar-refractivity contribution in [2.24, 2.45) is 0 Å². The van der Waals surface area contributed by atoms with Crippen LogP contribution in [0.15, 0.2) is 42.5 Å². The van der Waals surface area contributed by atoms with Crippen LogP contribution in [0.5, 0.6) is 0 Å². The Labute approximate surface area is 118 Å². The third kappa shape index (κ3) is 8.61. The van der Waals surface area contributed by atoms with Crippen molar-refractivity contribution in [2.45, 2.75) is 64.4 Å². The van der Waals surface area contributed by atoms with E-state index in [1.54, 1.807) is 0 Å². The molecule has 0 bridgehead atoms. The van der Waals surface area contributed by atoms with Gasteiger partial charge in [0.2, 0.25) is 0 Å². The summed E-state index contributed by atoms with van der Waals surface area (Å²) in [7, 11) is 0. The largest absolute Gasteiger partial charge is 0.393 e. The summed E-state index contributed by atoms with van der Waals surface area (Å²) in [6.45, 7) is 2.23. The van der Waals surface area contributed by atoms with Gasteiger partial charge in [0.1, 0.15) is 0 Å². The number of hydrogen-bond donors (Lipinski definition) is 1. The van der Waals surface area contributed by atoms with E-state index in [-0.39, 0.29) is 6.10 Å². The lowest BCUT2D eigenvalue weighted by Gasteiger charge is -2.08. The molecule has 1 unspecified atom stereocenters. The number of allylic oxidation sites excluding steroid dienone is 2. The molecule has 1 aromatic rings. The summed E-state index contributed by atoms with van der Waals surface area (Å²) in [6.07, 6.45) is 13.1. The summed E-state index contributed by atoms with van der Waals surface area (Å²) in [6, 6.07) is 10.4. The van der Waals surface area contributed by atoms with Gasteiger partial charge >= 0.3 is 0 Å². The van der Waals surface area contributed by atoms with Crippen LogP contribution in [-0.2, 0) is 6.42 Å². The molecular formula is C18H28O. The van der Waals surface area contributed by atoms with Crippen molar-refractivity contribution in [3.63, 3.8) is 0 Å². The molecule has 1 rings (SSSR count). The first-order chi connectivity index (χ1) is 9.33. The van der Waals surface area contributed by atoms with E-state index in [9.17, 15) is 5.11 Å². The SMILES string of the molecule is CCCCC/C=C/CCC(O)CCc1ccccc1. The van der Waals surface area contributed by atoms with Gasteiger partial charge in [-0.2, -0.15) is 0 Å². The molecule has 1 heteroatoms. The van der Waals surface area contributed by atoms with Gasteiger partial charge in [-0.1, -0.05) is 62.2 Å². The molecule has 1 N–H and O–H groups in total. The van der Waals surface area contributed by atoms with E-state index in [4.69, 9.17) is 0 Å². The van der Waals surface area contributed by atoms with Gasteiger partial charge in [-0.25, -0.2) is 0 Å². The maximum absolute atomic E-state index is 9.92. The van der Waals surface area contributed by atoms with E-state index in [1.165, 1.54) is 31.2 Å². The molecule has 1 nitrogen and oxygen atoms in total. The van der Waals surface area contributed by atoms with Crippen molar-refractivity contribution in [3.8, 4) is 0 Å². The molecular weight excluding hydrogens is 232 g/mol. The first-order valence-corrected chi connectivity index (χ1v) is 7.70. The van der Waals surface area contributed by atoms with E-state index in [2.05, 4.69) is 43.3 Å². The zero-order chi connectivity index (χ0) is 13.8. The second kappa shape index (κ2) is 10.8. The minimum atomic E-state index is -0.166. The molecule has 0 amide bonds. The molecule has 0 fully saturated rings. The van der Waals surface area contributed by atoms with Crippen molar-refractivity contribution in [3.05, 3.63) is 48.0 Å². The monoisotopic (exact) mass is 260 g/mol. The number of hydrogen-bond acceptors (Lipinski definition) is 1. The molecule has 0 aliphatic rings. The normalized spacial score (nSPS) is 12.9. The molecule has 106 valence electrons. The van der Waals surface area contributed by atoms with E-state index in [1.807, 2.05) is 6.07 Å². The van der Waals surface area contributed by atoms with Crippen LogP contribution in [0, 0.1) is 0 Å². The Hall–Kier alpha value is -1.08. The van der Waals surface area contributed by atoms with Crippen LogP contribution in [-0.4, -0.2) is 11.2 Å². The highest BCUT2D eigenvalue weighted by atomic mass is 16.3. The third-order valence-corrected chi connectivity index (χ3v) is 3.42. The first-order valence-electron chi connectivity index (χ1n) is 7.70. The van der Waals surface area contributed by atoms with Crippen LogP contribution in [0.1, 0.15) is 57.4 Å². The van der Waals surface area contributed by atoms with Crippen molar-refractivity contribution in [1.29, 1.82) is 0 Å². The van der Waals surface area contributed by atoms with Crippen LogP contribution in [0.3, 0.4) is 0 Å². The summed E-state index contributed by atoms with van der Waals surface area (Å²) in [5.41, 5.74) is 1.32. The molecule has 0 saturated heterocycles. The smallest absolute Gasteiger partial charge is 0.0546 e. The summed E-state index contributed by atoms with van der Waals surface area (Å²) >= 11 is 0. The lowest BCUT2D eigenvalue weighted by Crippen LogP contribution is -2.07. The number of aliphatic hydroxyl groups excluding tert-OH is 1. The van der Waals surface area contributed by atoms with Crippen LogP contribution >= 0.6 is 0 Å². The van der Waals surface area contributed by atoms with Crippen molar-refractivity contribution in [1.82, 2.24) is 0 Å². The van der Waals surface area contributed by atoms with Crippen LogP contribution in [0.4, 0.5) is 0 Å². The van der Waals surface area contributed by atoms with Crippen LogP contribution in [0.25, 0.3) is 0 Å². The quantitative estimate of drug-likeness (QED) is 0.469. The fourth-order valence-corrected chi connectivity index (χ4v) is 2.16. The van der Waals surface area contributed by atoms with E-state index in [0.29, 0.717) is 0 Å². The summed E-state index contributed by atoms with van der Waals surface area (Å²) in [4.78, 5) is 0. The predicted octanol–water partition coefficient (Wildman–Crippen LogP) is 4.90. The summed E-state index contributed by atoms with van der Waals surface area (Å²) in [5.74, 6) is 0. The molecule has 1 atom stereocenters. The highest BCUT2D eigenvalue weighted by molar-refractivity contribution is 5.14. The number of rotatable bonds is 10. The molecule has 19 heavy (non-hydrogen) atoms. The van der Waals surface area contributed by atoms with Gasteiger partial charge in [0, 0.05) is 0 Å². The maximum Gasteiger partial charge on any atom is 0.0546 e. The van der Waals surface area contributed by atoms with Gasteiger partial charge in [0.05, 0.1) is 6.10 Å². The second-order valence-corrected chi connectivity index (χ2v) is 5.22. The molecule has 0 radical (unpaired) electrons. The van der Waals surface area contributed by atoms with Gasteiger partial charge in [-0.05, 0) is 44.1 Å². The van der Waals surface area contributed by atoms with Gasteiger partial charge in [0.15, 0.2) is 0 Å². The molecule has 0 aromatic heterocycles. The van der Waals surface area contributed by atoms with Gasteiger partial charge in [-0.3, -0.25) is 0 Å². The highest BCUT2D eigenvalue weighted by Gasteiger charge is 2.03. The number of aryl methyl sites for hydroxylation is 1. The average Bonchev–Trinajstić information content (AvgIpc) is 2.45. The fraction of sp³-hybridized carbons (Fsp3) is 0.556. The minimum absolute atomic E-state index is 0.166. The Kier molecular flexibility index (Phi) is 9.09. The molecule has 0 aliphatic heterocycles. The minimum Gasteiger partial charge on any atom is -0.393 e. The van der Waals surface area contributed by atoms with E-state index in [0.717, 1.165) is 25.7 Å². The van der Waals surface area contributed by atoms with Gasteiger partial charge in [-0.15, -0.1) is 0 Å². The van der Waals surface area contributed by atoms with Gasteiger partial charge < -0.3 is 5.11 Å². The summed E-state index contributed by atoms with van der Waals surface area (Å²) < 4.78 is 0. The lowest BCUT2D eigenvalue weighted by atomic mass is 10.0. The van der Waals surface area contributed by atoms with Crippen molar-refractivity contribution in [2.75, 3.05) is 0 Å². The molecule has 0 heterocycles. The Morgan fingerprint density at radius 2 is 1.74 bits per heavy atom. The van der Waals surface area contributed by atoms with Crippen molar-refractivity contribution >= 4 is 0 Å². The summed E-state index contributed by atoms with van der Waals surface area (Å²) in [5, 5.41) is 9.92. The average molecular weight is 260 g/mol. The predicted molar refractivity (Wildman–Crippen MR) is 83.3 cm³/mol. The topological polar surface area (TPSA) is 20.2 Å².